The number of allylic oxidation sites excluding steroid dienone is 16. The van der Waals surface area contributed by atoms with Gasteiger partial charge < -0.3 is 4.90 Å². The number of fused-ring (bicyclic) bond motifs is 3. The second-order valence-electron chi connectivity index (χ2n) is 13.4. The Hall–Kier alpha value is -5.35. The summed E-state index contributed by atoms with van der Waals surface area (Å²) in [6.07, 6.45) is 30.1. The van der Waals surface area contributed by atoms with Crippen LogP contribution in [0, 0.1) is 23.2 Å². The molecule has 2 heterocycles. The molecular weight excluding hydrogens is 585 g/mol. The molecular formula is C44H42N4. The summed E-state index contributed by atoms with van der Waals surface area (Å²) in [7, 11) is 0. The number of hydrogen-bond donors (Lipinski definition) is 0. The van der Waals surface area contributed by atoms with Gasteiger partial charge in [-0.25, -0.2) is 4.98 Å². The summed E-state index contributed by atoms with van der Waals surface area (Å²) < 4.78 is 0. The third kappa shape index (κ3) is 6.31. The van der Waals surface area contributed by atoms with Crippen LogP contribution in [0.25, 0.3) is 22.8 Å². The number of hydrogen-bond acceptors (Lipinski definition) is 4. The van der Waals surface area contributed by atoms with Crippen molar-refractivity contribution in [2.24, 2.45) is 23.2 Å². The standard InChI is InChI=1S/C44H42N4/c1-31-17-8-7-15-27-48(43-46-41(33-18-9-5-10-19-33)45-42(47-43)34-20-11-6-12-21-34)28-16-22-35(29-32(31)2)36-25-26-38-37-23-13-14-24-39(37)44(3,4)40(38)30-36/h5-24,26,29-30,36-37,39H,1-2,25,27-28H2,3-4H3/b15-7-,17-8-,22-16-,35-29+. The minimum Gasteiger partial charge on any atom is -0.333 e. The van der Waals surface area contributed by atoms with E-state index in [9.17, 15) is 0 Å². The fourth-order valence-corrected chi connectivity index (χ4v) is 7.25. The Bertz CT molecular complexity index is 1910. The van der Waals surface area contributed by atoms with Crippen molar-refractivity contribution < 1.29 is 0 Å². The fraction of sp³-hybridized carbons (Fsp3) is 0.205. The van der Waals surface area contributed by atoms with Gasteiger partial charge in [-0.1, -0.05) is 167 Å². The van der Waals surface area contributed by atoms with Gasteiger partial charge >= 0.3 is 0 Å². The van der Waals surface area contributed by atoms with Gasteiger partial charge in [-0.15, -0.1) is 0 Å². The second-order valence-corrected chi connectivity index (χ2v) is 13.4. The van der Waals surface area contributed by atoms with Crippen LogP contribution in [0.1, 0.15) is 20.3 Å². The van der Waals surface area contributed by atoms with E-state index in [1.807, 2.05) is 72.8 Å². The lowest BCUT2D eigenvalue weighted by Crippen LogP contribution is -2.26. The SMILES string of the molecule is C=C1/C=C\C=C/CN(c2nc(-c3ccccc3)nc(-c3ccccc3)n2)C/C=C\C(C2C=C3C(=CC2)C2C=CC=CC2C3(C)C)=C/C1=C. The highest BCUT2D eigenvalue weighted by molar-refractivity contribution is 5.63. The van der Waals surface area contributed by atoms with Gasteiger partial charge in [-0.05, 0) is 45.6 Å². The molecule has 3 aromatic rings. The van der Waals surface area contributed by atoms with Crippen molar-refractivity contribution in [2.45, 2.75) is 20.3 Å². The second kappa shape index (κ2) is 13.4. The molecule has 3 atom stereocenters. The molecule has 0 spiro atoms. The number of aromatic nitrogens is 3. The number of nitrogens with zero attached hydrogens (tertiary/aromatic N) is 4. The van der Waals surface area contributed by atoms with Crippen molar-refractivity contribution in [1.29, 1.82) is 0 Å². The Kier molecular flexibility index (Phi) is 8.73. The lowest BCUT2D eigenvalue weighted by molar-refractivity contribution is 0.332. The summed E-state index contributed by atoms with van der Waals surface area (Å²) >= 11 is 0. The Balaban J connectivity index is 1.25. The van der Waals surface area contributed by atoms with E-state index in [4.69, 9.17) is 15.0 Å². The van der Waals surface area contributed by atoms with Crippen LogP contribution in [0.15, 0.2) is 181 Å². The molecule has 1 aliphatic heterocycles. The molecule has 4 aliphatic rings. The van der Waals surface area contributed by atoms with Gasteiger partial charge in [0.1, 0.15) is 0 Å². The molecule has 2 aromatic carbocycles. The number of benzene rings is 2. The van der Waals surface area contributed by atoms with Crippen LogP contribution in [0.5, 0.6) is 0 Å². The molecule has 1 saturated carbocycles. The Morgan fingerprint density at radius 2 is 1.40 bits per heavy atom. The predicted molar refractivity (Wildman–Crippen MR) is 200 cm³/mol. The summed E-state index contributed by atoms with van der Waals surface area (Å²) in [6.45, 7) is 14.8. The summed E-state index contributed by atoms with van der Waals surface area (Å²) in [5.41, 5.74) is 8.01. The smallest absolute Gasteiger partial charge is 0.230 e. The van der Waals surface area contributed by atoms with Crippen molar-refractivity contribution in [2.75, 3.05) is 18.0 Å². The van der Waals surface area contributed by atoms with Crippen molar-refractivity contribution in [1.82, 2.24) is 15.0 Å². The Morgan fingerprint density at radius 1 is 0.729 bits per heavy atom. The van der Waals surface area contributed by atoms with Crippen molar-refractivity contribution >= 4 is 5.95 Å². The van der Waals surface area contributed by atoms with Crippen LogP contribution in [0.2, 0.25) is 0 Å². The summed E-state index contributed by atoms with van der Waals surface area (Å²) in [5, 5.41) is 0. The van der Waals surface area contributed by atoms with Crippen LogP contribution in [-0.2, 0) is 0 Å². The molecule has 4 heteroatoms. The third-order valence-electron chi connectivity index (χ3n) is 9.95. The zero-order chi connectivity index (χ0) is 33.1. The molecule has 0 radical (unpaired) electrons. The van der Waals surface area contributed by atoms with Crippen molar-refractivity contribution in [3.63, 3.8) is 0 Å². The molecule has 0 N–H and O–H groups in total. The first-order valence-corrected chi connectivity index (χ1v) is 16.9. The molecule has 4 nitrogen and oxygen atoms in total. The molecule has 0 bridgehead atoms. The molecule has 0 amide bonds. The van der Waals surface area contributed by atoms with Gasteiger partial charge in [0.05, 0.1) is 0 Å². The van der Waals surface area contributed by atoms with Gasteiger partial charge in [0.15, 0.2) is 11.6 Å². The van der Waals surface area contributed by atoms with Crippen molar-refractivity contribution in [3.05, 3.63) is 181 Å². The summed E-state index contributed by atoms with van der Waals surface area (Å²) in [5.74, 6) is 3.15. The van der Waals surface area contributed by atoms with Crippen LogP contribution < -0.4 is 4.90 Å². The topological polar surface area (TPSA) is 41.9 Å². The maximum atomic E-state index is 5.01. The first-order valence-electron chi connectivity index (χ1n) is 16.9. The minimum atomic E-state index is 0.0709. The molecule has 238 valence electrons. The van der Waals surface area contributed by atoms with E-state index in [2.05, 4.69) is 98.7 Å². The predicted octanol–water partition coefficient (Wildman–Crippen LogP) is 10.0. The van der Waals surface area contributed by atoms with E-state index in [1.54, 1.807) is 0 Å². The van der Waals surface area contributed by atoms with Crippen LogP contribution in [0.3, 0.4) is 0 Å². The molecule has 7 rings (SSSR count). The zero-order valence-corrected chi connectivity index (χ0v) is 27.8. The highest BCUT2D eigenvalue weighted by Gasteiger charge is 2.47. The lowest BCUT2D eigenvalue weighted by Gasteiger charge is -2.30. The third-order valence-corrected chi connectivity index (χ3v) is 9.95. The lowest BCUT2D eigenvalue weighted by atomic mass is 9.74. The van der Waals surface area contributed by atoms with Crippen LogP contribution in [0.4, 0.5) is 5.95 Å². The van der Waals surface area contributed by atoms with Gasteiger partial charge in [0.2, 0.25) is 5.95 Å². The minimum absolute atomic E-state index is 0.0709. The molecule has 48 heavy (non-hydrogen) atoms. The average molecular weight is 627 g/mol. The zero-order valence-electron chi connectivity index (χ0n) is 27.8. The highest BCUT2D eigenvalue weighted by Crippen LogP contribution is 2.57. The van der Waals surface area contributed by atoms with E-state index in [1.165, 1.54) is 16.7 Å². The van der Waals surface area contributed by atoms with Crippen molar-refractivity contribution in [3.8, 4) is 22.8 Å². The molecule has 3 aliphatic carbocycles. The van der Waals surface area contributed by atoms with E-state index < -0.39 is 0 Å². The normalized spacial score (nSPS) is 26.4. The van der Waals surface area contributed by atoms with E-state index >= 15 is 0 Å². The largest absolute Gasteiger partial charge is 0.333 e. The van der Waals surface area contributed by atoms with E-state index in [0.717, 1.165) is 28.7 Å². The van der Waals surface area contributed by atoms with Crippen LogP contribution >= 0.6 is 0 Å². The molecule has 1 aromatic heterocycles. The summed E-state index contributed by atoms with van der Waals surface area (Å²) in [6, 6.07) is 20.2. The van der Waals surface area contributed by atoms with Gasteiger partial charge in [-0.2, -0.15) is 9.97 Å². The van der Waals surface area contributed by atoms with E-state index in [-0.39, 0.29) is 11.3 Å². The van der Waals surface area contributed by atoms with E-state index in [0.29, 0.717) is 42.5 Å². The number of anilines is 1. The molecule has 1 fully saturated rings. The average Bonchev–Trinajstić information content (AvgIpc) is 3.36. The Labute approximate surface area is 285 Å². The quantitative estimate of drug-likeness (QED) is 0.289. The highest BCUT2D eigenvalue weighted by atomic mass is 15.3. The molecule has 0 saturated heterocycles. The monoisotopic (exact) mass is 626 g/mol. The fourth-order valence-electron chi connectivity index (χ4n) is 7.25. The number of rotatable bonds is 4. The maximum absolute atomic E-state index is 5.01. The molecule has 3 unspecified atom stereocenters. The van der Waals surface area contributed by atoms with Gasteiger partial charge in [-0.3, -0.25) is 0 Å². The van der Waals surface area contributed by atoms with Crippen LogP contribution in [-0.4, -0.2) is 28.0 Å². The first-order chi connectivity index (χ1) is 23.4. The maximum Gasteiger partial charge on any atom is 0.230 e. The van der Waals surface area contributed by atoms with Gasteiger partial charge in [0, 0.05) is 36.1 Å². The van der Waals surface area contributed by atoms with Gasteiger partial charge in [0.25, 0.3) is 0 Å². The first kappa shape index (κ1) is 31.3. The Morgan fingerprint density at radius 3 is 2.10 bits per heavy atom. The summed E-state index contributed by atoms with van der Waals surface area (Å²) in [4.78, 5) is 17.1.